The molecule has 0 atom stereocenters. The Kier molecular flexibility index (Phi) is 8.11. The van der Waals surface area contributed by atoms with Crippen LogP contribution in [0.5, 0.6) is 0 Å². The van der Waals surface area contributed by atoms with Gasteiger partial charge in [0.2, 0.25) is 5.91 Å². The molecule has 1 heterocycles. The van der Waals surface area contributed by atoms with Crippen LogP contribution in [0, 0.1) is 11.6 Å². The number of hydrogen-bond donors (Lipinski definition) is 2. The number of benzene rings is 2. The highest BCUT2D eigenvalue weighted by Crippen LogP contribution is 2.29. The van der Waals surface area contributed by atoms with E-state index in [-0.39, 0.29) is 24.2 Å². The van der Waals surface area contributed by atoms with Gasteiger partial charge in [-0.3, -0.25) is 4.79 Å². The lowest BCUT2D eigenvalue weighted by Crippen LogP contribution is -2.41. The van der Waals surface area contributed by atoms with Gasteiger partial charge in [-0.05, 0) is 30.7 Å². The number of nitrogens with zero attached hydrogens (tertiary/aromatic N) is 3. The SMILES string of the molecule is CCCN(CC(=O)Nc1cc(C(C)(C)C)nn1-c1ccccc1Cl)C(=O)Nc1ccc(F)c(F)c1. The van der Waals surface area contributed by atoms with E-state index in [4.69, 9.17) is 11.6 Å². The maximum absolute atomic E-state index is 13.5. The number of halogens is 3. The van der Waals surface area contributed by atoms with Gasteiger partial charge < -0.3 is 15.5 Å². The first-order chi connectivity index (χ1) is 16.5. The number of urea groups is 1. The Morgan fingerprint density at radius 1 is 1.06 bits per heavy atom. The van der Waals surface area contributed by atoms with E-state index in [1.54, 1.807) is 28.9 Å². The molecule has 0 saturated carbocycles. The van der Waals surface area contributed by atoms with Gasteiger partial charge in [-0.15, -0.1) is 0 Å². The molecule has 7 nitrogen and oxygen atoms in total. The molecular formula is C25H28ClF2N5O2. The number of nitrogens with one attached hydrogen (secondary N) is 2. The van der Waals surface area contributed by atoms with E-state index < -0.39 is 23.6 Å². The lowest BCUT2D eigenvalue weighted by molar-refractivity contribution is -0.116. The lowest BCUT2D eigenvalue weighted by atomic mass is 9.92. The fourth-order valence-corrected chi connectivity index (χ4v) is 3.51. The molecule has 3 amide bonds. The topological polar surface area (TPSA) is 79.3 Å². The van der Waals surface area contributed by atoms with Gasteiger partial charge in [-0.1, -0.05) is 51.4 Å². The first-order valence-electron chi connectivity index (χ1n) is 11.2. The highest BCUT2D eigenvalue weighted by Gasteiger charge is 2.23. The Morgan fingerprint density at radius 3 is 2.40 bits per heavy atom. The van der Waals surface area contributed by atoms with Crippen LogP contribution in [0.1, 0.15) is 39.8 Å². The Bertz CT molecular complexity index is 1220. The minimum absolute atomic E-state index is 0.0852. The van der Waals surface area contributed by atoms with E-state index in [0.717, 1.165) is 17.8 Å². The fourth-order valence-electron chi connectivity index (χ4n) is 3.30. The molecule has 35 heavy (non-hydrogen) atoms. The number of carbonyl (C=O) groups is 2. The van der Waals surface area contributed by atoms with Gasteiger partial charge in [0, 0.05) is 29.8 Å². The van der Waals surface area contributed by atoms with Crippen molar-refractivity contribution in [1.29, 1.82) is 0 Å². The molecule has 0 saturated heterocycles. The molecule has 0 radical (unpaired) electrons. The Balaban J connectivity index is 1.80. The van der Waals surface area contributed by atoms with Crippen molar-refractivity contribution in [2.75, 3.05) is 23.7 Å². The summed E-state index contributed by atoms with van der Waals surface area (Å²) in [5.74, 6) is -2.14. The summed E-state index contributed by atoms with van der Waals surface area (Å²) in [6.45, 7) is 7.89. The van der Waals surface area contributed by atoms with Gasteiger partial charge >= 0.3 is 6.03 Å². The molecule has 0 bridgehead atoms. The van der Waals surface area contributed by atoms with Gasteiger partial charge in [-0.25, -0.2) is 18.3 Å². The van der Waals surface area contributed by atoms with Crippen LogP contribution in [0.2, 0.25) is 5.02 Å². The molecule has 10 heteroatoms. The van der Waals surface area contributed by atoms with Crippen LogP contribution in [-0.2, 0) is 10.2 Å². The van der Waals surface area contributed by atoms with Crippen LogP contribution in [0.4, 0.5) is 25.1 Å². The molecule has 0 aliphatic heterocycles. The van der Waals surface area contributed by atoms with Crippen molar-refractivity contribution in [1.82, 2.24) is 14.7 Å². The zero-order chi connectivity index (χ0) is 25.8. The second-order valence-corrected chi connectivity index (χ2v) is 9.46. The number of amides is 3. The molecule has 3 rings (SSSR count). The van der Waals surface area contributed by atoms with Crippen LogP contribution >= 0.6 is 11.6 Å². The molecule has 0 unspecified atom stereocenters. The zero-order valence-corrected chi connectivity index (χ0v) is 20.8. The highest BCUT2D eigenvalue weighted by molar-refractivity contribution is 6.32. The van der Waals surface area contributed by atoms with Crippen LogP contribution < -0.4 is 10.6 Å². The van der Waals surface area contributed by atoms with E-state index in [0.29, 0.717) is 22.9 Å². The molecule has 0 aliphatic carbocycles. The second kappa shape index (κ2) is 10.9. The number of hydrogen-bond acceptors (Lipinski definition) is 3. The molecule has 0 aliphatic rings. The summed E-state index contributed by atoms with van der Waals surface area (Å²) in [4.78, 5) is 27.0. The first kappa shape index (κ1) is 26.2. The molecule has 0 fully saturated rings. The summed E-state index contributed by atoms with van der Waals surface area (Å²) >= 11 is 6.37. The number of para-hydroxylation sites is 1. The van der Waals surface area contributed by atoms with Crippen molar-refractivity contribution in [3.8, 4) is 5.69 Å². The molecule has 186 valence electrons. The predicted molar refractivity (Wildman–Crippen MR) is 133 cm³/mol. The summed E-state index contributed by atoms with van der Waals surface area (Å²) in [6, 6.07) is 11.3. The van der Waals surface area contributed by atoms with Crippen LogP contribution in [0.25, 0.3) is 5.69 Å². The van der Waals surface area contributed by atoms with Gasteiger partial charge in [-0.2, -0.15) is 5.10 Å². The van der Waals surface area contributed by atoms with Crippen LogP contribution in [0.3, 0.4) is 0 Å². The van der Waals surface area contributed by atoms with E-state index in [1.165, 1.54) is 11.0 Å². The largest absolute Gasteiger partial charge is 0.322 e. The third-order valence-electron chi connectivity index (χ3n) is 5.11. The standard InChI is InChI=1S/C25H28ClF2N5O2/c1-5-12-32(24(35)29-16-10-11-18(27)19(28)13-16)15-23(34)30-22-14-21(25(2,3)4)31-33(22)20-9-7-6-8-17(20)26/h6-11,13-14H,5,12,15H2,1-4H3,(H,29,35)(H,30,34). The maximum atomic E-state index is 13.5. The van der Waals surface area contributed by atoms with Gasteiger partial charge in [0.15, 0.2) is 11.6 Å². The summed E-state index contributed by atoms with van der Waals surface area (Å²) in [6.07, 6.45) is 0.588. The van der Waals surface area contributed by atoms with Crippen molar-refractivity contribution >= 4 is 35.0 Å². The molecular weight excluding hydrogens is 476 g/mol. The Morgan fingerprint density at radius 2 is 1.77 bits per heavy atom. The van der Waals surface area contributed by atoms with E-state index in [1.807, 2.05) is 33.8 Å². The smallest absolute Gasteiger partial charge is 0.315 e. The van der Waals surface area contributed by atoms with Gasteiger partial charge in [0.25, 0.3) is 0 Å². The third-order valence-corrected chi connectivity index (χ3v) is 5.43. The Hall–Kier alpha value is -3.46. The number of aromatic nitrogens is 2. The van der Waals surface area contributed by atoms with Crippen molar-refractivity contribution in [2.45, 2.75) is 39.5 Å². The van der Waals surface area contributed by atoms with Crippen LogP contribution in [0.15, 0.2) is 48.5 Å². The predicted octanol–water partition coefficient (Wildman–Crippen LogP) is 5.98. The molecule has 3 aromatic rings. The summed E-state index contributed by atoms with van der Waals surface area (Å²) in [5, 5.41) is 10.4. The van der Waals surface area contributed by atoms with E-state index >= 15 is 0 Å². The first-order valence-corrected chi connectivity index (χ1v) is 11.5. The Labute approximate surface area is 208 Å². The van der Waals surface area contributed by atoms with Crippen molar-refractivity contribution in [3.05, 3.63) is 70.9 Å². The molecule has 1 aromatic heterocycles. The second-order valence-electron chi connectivity index (χ2n) is 9.06. The average Bonchev–Trinajstić information content (AvgIpc) is 3.20. The van der Waals surface area contributed by atoms with Crippen molar-refractivity contribution in [3.63, 3.8) is 0 Å². The molecule has 2 aromatic carbocycles. The van der Waals surface area contributed by atoms with Crippen LogP contribution in [-0.4, -0.2) is 39.7 Å². The molecule has 2 N–H and O–H groups in total. The minimum Gasteiger partial charge on any atom is -0.315 e. The monoisotopic (exact) mass is 503 g/mol. The number of carbonyl (C=O) groups excluding carboxylic acids is 2. The third kappa shape index (κ3) is 6.57. The van der Waals surface area contributed by atoms with E-state index in [9.17, 15) is 18.4 Å². The molecule has 0 spiro atoms. The lowest BCUT2D eigenvalue weighted by Gasteiger charge is -2.22. The quantitative estimate of drug-likeness (QED) is 0.416. The number of rotatable bonds is 7. The van der Waals surface area contributed by atoms with Crippen molar-refractivity contribution < 1.29 is 18.4 Å². The van der Waals surface area contributed by atoms with Gasteiger partial charge in [0.05, 0.1) is 16.4 Å². The number of anilines is 2. The normalized spacial score (nSPS) is 11.3. The fraction of sp³-hybridized carbons (Fsp3) is 0.320. The maximum Gasteiger partial charge on any atom is 0.322 e. The summed E-state index contributed by atoms with van der Waals surface area (Å²) in [7, 11) is 0. The van der Waals surface area contributed by atoms with E-state index in [2.05, 4.69) is 15.7 Å². The summed E-state index contributed by atoms with van der Waals surface area (Å²) in [5.41, 5.74) is 1.14. The summed E-state index contributed by atoms with van der Waals surface area (Å²) < 4.78 is 28.2. The zero-order valence-electron chi connectivity index (χ0n) is 20.0. The van der Waals surface area contributed by atoms with Gasteiger partial charge in [0.1, 0.15) is 12.4 Å². The minimum atomic E-state index is -1.08. The highest BCUT2D eigenvalue weighted by atomic mass is 35.5. The average molecular weight is 504 g/mol. The van der Waals surface area contributed by atoms with Crippen molar-refractivity contribution in [2.24, 2.45) is 0 Å².